The molecule has 4 heteroatoms. The molecule has 0 radical (unpaired) electrons. The van der Waals surface area contributed by atoms with Crippen molar-refractivity contribution in [1.29, 1.82) is 0 Å². The van der Waals surface area contributed by atoms with Crippen LogP contribution in [0, 0.1) is 5.92 Å². The van der Waals surface area contributed by atoms with Gasteiger partial charge in [-0.05, 0) is 24.1 Å². The van der Waals surface area contributed by atoms with Crippen molar-refractivity contribution in [3.8, 4) is 0 Å². The molecule has 0 aromatic heterocycles. The minimum absolute atomic E-state index is 0.00326. The first kappa shape index (κ1) is 11.6. The molecule has 1 unspecified atom stereocenters. The third kappa shape index (κ3) is 1.90. The molecule has 90 valence electrons. The number of fused-ring (bicyclic) bond motifs is 1. The number of methoxy groups -OCH3 is 1. The molecule has 1 aliphatic heterocycles. The van der Waals surface area contributed by atoms with E-state index in [9.17, 15) is 9.59 Å². The minimum atomic E-state index is -0.382. The maximum atomic E-state index is 11.8. The molecule has 1 aliphatic rings. The molecule has 1 aromatic rings. The van der Waals surface area contributed by atoms with E-state index in [-0.39, 0.29) is 17.8 Å². The SMILES string of the molecule is COC(=O)c1ccc2c(c1)N(C)C(=O)C(C)C2. The van der Waals surface area contributed by atoms with Crippen LogP contribution in [0.2, 0.25) is 0 Å². The lowest BCUT2D eigenvalue weighted by atomic mass is 9.92. The smallest absolute Gasteiger partial charge is 0.337 e. The maximum absolute atomic E-state index is 11.8. The number of carbonyl (C=O) groups is 2. The molecule has 17 heavy (non-hydrogen) atoms. The van der Waals surface area contributed by atoms with Gasteiger partial charge >= 0.3 is 5.97 Å². The summed E-state index contributed by atoms with van der Waals surface area (Å²) >= 11 is 0. The first-order chi connectivity index (χ1) is 8.04. The highest BCUT2D eigenvalue weighted by Gasteiger charge is 2.27. The van der Waals surface area contributed by atoms with Crippen molar-refractivity contribution in [1.82, 2.24) is 0 Å². The molecular weight excluding hydrogens is 218 g/mol. The van der Waals surface area contributed by atoms with E-state index < -0.39 is 0 Å². The fraction of sp³-hybridized carbons (Fsp3) is 0.385. The van der Waals surface area contributed by atoms with Gasteiger partial charge in [0, 0.05) is 18.7 Å². The van der Waals surface area contributed by atoms with Crippen LogP contribution in [0.4, 0.5) is 5.69 Å². The Morgan fingerprint density at radius 1 is 1.47 bits per heavy atom. The summed E-state index contributed by atoms with van der Waals surface area (Å²) in [5.41, 5.74) is 2.36. The van der Waals surface area contributed by atoms with Crippen molar-refractivity contribution >= 4 is 17.6 Å². The van der Waals surface area contributed by atoms with Gasteiger partial charge in [-0.15, -0.1) is 0 Å². The molecule has 1 atom stereocenters. The van der Waals surface area contributed by atoms with E-state index in [0.29, 0.717) is 5.56 Å². The number of hydrogen-bond donors (Lipinski definition) is 0. The summed E-state index contributed by atoms with van der Waals surface area (Å²) in [6.07, 6.45) is 0.722. The molecule has 0 saturated carbocycles. The Morgan fingerprint density at radius 3 is 2.82 bits per heavy atom. The largest absolute Gasteiger partial charge is 0.465 e. The monoisotopic (exact) mass is 233 g/mol. The van der Waals surface area contributed by atoms with Gasteiger partial charge in [0.15, 0.2) is 0 Å². The van der Waals surface area contributed by atoms with Gasteiger partial charge in [-0.3, -0.25) is 4.79 Å². The number of esters is 1. The number of benzene rings is 1. The van der Waals surface area contributed by atoms with Crippen molar-refractivity contribution in [3.05, 3.63) is 29.3 Å². The highest BCUT2D eigenvalue weighted by Crippen LogP contribution is 2.30. The van der Waals surface area contributed by atoms with Gasteiger partial charge in [-0.25, -0.2) is 4.79 Å². The van der Waals surface area contributed by atoms with Crippen molar-refractivity contribution in [2.45, 2.75) is 13.3 Å². The third-order valence-corrected chi connectivity index (χ3v) is 3.15. The van der Waals surface area contributed by atoms with Crippen LogP contribution < -0.4 is 4.90 Å². The van der Waals surface area contributed by atoms with E-state index in [1.807, 2.05) is 13.0 Å². The van der Waals surface area contributed by atoms with Crippen LogP contribution in [0.15, 0.2) is 18.2 Å². The van der Waals surface area contributed by atoms with Crippen LogP contribution in [0.5, 0.6) is 0 Å². The first-order valence-electron chi connectivity index (χ1n) is 5.53. The maximum Gasteiger partial charge on any atom is 0.337 e. The van der Waals surface area contributed by atoms with E-state index in [2.05, 4.69) is 4.74 Å². The zero-order valence-electron chi connectivity index (χ0n) is 10.2. The fourth-order valence-electron chi connectivity index (χ4n) is 2.16. The molecule has 1 amide bonds. The predicted octanol–water partition coefficient (Wildman–Crippen LogP) is 1.63. The van der Waals surface area contributed by atoms with Crippen molar-refractivity contribution in [3.63, 3.8) is 0 Å². The molecule has 1 heterocycles. The van der Waals surface area contributed by atoms with Gasteiger partial charge in [-0.1, -0.05) is 13.0 Å². The first-order valence-corrected chi connectivity index (χ1v) is 5.53. The van der Waals surface area contributed by atoms with E-state index in [4.69, 9.17) is 0 Å². The molecule has 2 rings (SSSR count). The molecule has 0 aliphatic carbocycles. The number of hydrogen-bond acceptors (Lipinski definition) is 3. The molecule has 0 bridgehead atoms. The lowest BCUT2D eigenvalue weighted by Crippen LogP contribution is -2.37. The number of carbonyl (C=O) groups excluding carboxylic acids is 2. The van der Waals surface area contributed by atoms with Crippen molar-refractivity contribution in [2.75, 3.05) is 19.1 Å². The van der Waals surface area contributed by atoms with Crippen LogP contribution >= 0.6 is 0 Å². The highest BCUT2D eigenvalue weighted by molar-refractivity contribution is 5.99. The van der Waals surface area contributed by atoms with Crippen LogP contribution in [-0.2, 0) is 16.0 Å². The Bertz CT molecular complexity index is 482. The van der Waals surface area contributed by atoms with Crippen LogP contribution in [0.3, 0.4) is 0 Å². The number of ether oxygens (including phenoxy) is 1. The summed E-state index contributed by atoms with van der Waals surface area (Å²) in [7, 11) is 3.08. The zero-order valence-corrected chi connectivity index (χ0v) is 10.2. The molecule has 4 nitrogen and oxygen atoms in total. The lowest BCUT2D eigenvalue weighted by Gasteiger charge is -2.30. The Kier molecular flexibility index (Phi) is 2.88. The average Bonchev–Trinajstić information content (AvgIpc) is 2.35. The molecule has 0 N–H and O–H groups in total. The van der Waals surface area contributed by atoms with Gasteiger partial charge in [0.05, 0.1) is 12.7 Å². The number of amides is 1. The van der Waals surface area contributed by atoms with Gasteiger partial charge in [0.25, 0.3) is 0 Å². The van der Waals surface area contributed by atoms with Crippen LogP contribution in [-0.4, -0.2) is 26.0 Å². The standard InChI is InChI=1S/C13H15NO3/c1-8-6-9-4-5-10(13(16)17-3)7-11(9)14(2)12(8)15/h4-5,7-8H,6H2,1-3H3. The van der Waals surface area contributed by atoms with Crippen LogP contribution in [0.25, 0.3) is 0 Å². The topological polar surface area (TPSA) is 46.6 Å². The molecule has 0 spiro atoms. The summed E-state index contributed by atoms with van der Waals surface area (Å²) in [5.74, 6) is -0.303. The zero-order chi connectivity index (χ0) is 12.6. The summed E-state index contributed by atoms with van der Waals surface area (Å²) in [4.78, 5) is 24.9. The average molecular weight is 233 g/mol. The second-order valence-corrected chi connectivity index (χ2v) is 4.34. The lowest BCUT2D eigenvalue weighted by molar-refractivity contribution is -0.121. The van der Waals surface area contributed by atoms with Gasteiger partial charge < -0.3 is 9.64 Å². The summed E-state index contributed by atoms with van der Waals surface area (Å²) in [5, 5.41) is 0. The fourth-order valence-corrected chi connectivity index (χ4v) is 2.16. The normalized spacial score (nSPS) is 18.9. The number of rotatable bonds is 1. The second-order valence-electron chi connectivity index (χ2n) is 4.34. The van der Waals surface area contributed by atoms with E-state index in [1.54, 1.807) is 24.1 Å². The quantitative estimate of drug-likeness (QED) is 0.692. The third-order valence-electron chi connectivity index (χ3n) is 3.15. The Labute approximate surface area is 100 Å². The molecule has 0 saturated heterocycles. The summed E-state index contributed by atoms with van der Waals surface area (Å²) in [6.45, 7) is 1.91. The van der Waals surface area contributed by atoms with E-state index in [1.165, 1.54) is 7.11 Å². The summed E-state index contributed by atoms with van der Waals surface area (Å²) in [6, 6.07) is 5.34. The predicted molar refractivity (Wildman–Crippen MR) is 64.1 cm³/mol. The van der Waals surface area contributed by atoms with Crippen molar-refractivity contribution in [2.24, 2.45) is 5.92 Å². The Morgan fingerprint density at radius 2 is 2.18 bits per heavy atom. The van der Waals surface area contributed by atoms with Gasteiger partial charge in [0.1, 0.15) is 0 Å². The number of anilines is 1. The Balaban J connectivity index is 2.45. The van der Waals surface area contributed by atoms with Crippen molar-refractivity contribution < 1.29 is 14.3 Å². The molecular formula is C13H15NO3. The van der Waals surface area contributed by atoms with Gasteiger partial charge in [-0.2, -0.15) is 0 Å². The second kappa shape index (κ2) is 4.20. The summed E-state index contributed by atoms with van der Waals surface area (Å²) < 4.78 is 4.67. The van der Waals surface area contributed by atoms with E-state index >= 15 is 0 Å². The molecule has 0 fully saturated rings. The van der Waals surface area contributed by atoms with Crippen LogP contribution in [0.1, 0.15) is 22.8 Å². The van der Waals surface area contributed by atoms with Gasteiger partial charge in [0.2, 0.25) is 5.91 Å². The van der Waals surface area contributed by atoms with E-state index in [0.717, 1.165) is 17.7 Å². The Hall–Kier alpha value is -1.84. The molecule has 1 aromatic carbocycles. The highest BCUT2D eigenvalue weighted by atomic mass is 16.5. The minimum Gasteiger partial charge on any atom is -0.465 e. The number of nitrogens with zero attached hydrogens (tertiary/aromatic N) is 1.